The van der Waals surface area contributed by atoms with E-state index in [1.54, 1.807) is 0 Å². The van der Waals surface area contributed by atoms with Crippen LogP contribution < -0.4 is 5.73 Å². The van der Waals surface area contributed by atoms with Gasteiger partial charge in [0.2, 0.25) is 5.89 Å². The number of hydrogen-bond acceptors (Lipinski definition) is 4. The SMILES string of the molecule is CC(C)(C)[C@@H](N)c1nc(CCc2ccccc2)no1. The number of aryl methyl sites for hydroxylation is 2. The molecule has 1 heterocycles. The van der Waals surface area contributed by atoms with Gasteiger partial charge in [-0.3, -0.25) is 0 Å². The van der Waals surface area contributed by atoms with E-state index in [-0.39, 0.29) is 11.5 Å². The third-order valence-corrected chi connectivity index (χ3v) is 3.16. The molecule has 0 spiro atoms. The Morgan fingerprint density at radius 1 is 1.16 bits per heavy atom. The first-order chi connectivity index (χ1) is 8.97. The molecule has 0 saturated heterocycles. The number of nitrogens with zero attached hydrogens (tertiary/aromatic N) is 2. The van der Waals surface area contributed by atoms with Gasteiger partial charge in [0, 0.05) is 6.42 Å². The van der Waals surface area contributed by atoms with Crippen molar-refractivity contribution in [2.45, 2.75) is 39.7 Å². The van der Waals surface area contributed by atoms with Gasteiger partial charge in [-0.05, 0) is 17.4 Å². The maximum atomic E-state index is 6.10. The first kappa shape index (κ1) is 13.7. The van der Waals surface area contributed by atoms with Gasteiger partial charge in [-0.15, -0.1) is 0 Å². The van der Waals surface area contributed by atoms with Crippen LogP contribution in [0.25, 0.3) is 0 Å². The van der Waals surface area contributed by atoms with Crippen molar-refractivity contribution in [1.82, 2.24) is 10.1 Å². The molecule has 0 amide bonds. The van der Waals surface area contributed by atoms with Gasteiger partial charge in [-0.2, -0.15) is 4.98 Å². The summed E-state index contributed by atoms with van der Waals surface area (Å²) in [4.78, 5) is 4.39. The Kier molecular flexibility index (Phi) is 4.00. The summed E-state index contributed by atoms with van der Waals surface area (Å²) < 4.78 is 5.26. The monoisotopic (exact) mass is 259 g/mol. The molecule has 0 bridgehead atoms. The van der Waals surface area contributed by atoms with Crippen LogP contribution >= 0.6 is 0 Å². The predicted octanol–water partition coefficient (Wildman–Crippen LogP) is 2.90. The van der Waals surface area contributed by atoms with Gasteiger partial charge in [-0.25, -0.2) is 0 Å². The number of rotatable bonds is 4. The van der Waals surface area contributed by atoms with Gasteiger partial charge in [0.15, 0.2) is 5.82 Å². The van der Waals surface area contributed by atoms with E-state index in [4.69, 9.17) is 10.3 Å². The van der Waals surface area contributed by atoms with Crippen molar-refractivity contribution in [3.63, 3.8) is 0 Å². The summed E-state index contributed by atoms with van der Waals surface area (Å²) in [6.07, 6.45) is 1.68. The first-order valence-electron chi connectivity index (χ1n) is 6.59. The molecule has 1 aromatic heterocycles. The zero-order valence-corrected chi connectivity index (χ0v) is 11.8. The van der Waals surface area contributed by atoms with Crippen molar-refractivity contribution in [1.29, 1.82) is 0 Å². The molecule has 1 aromatic carbocycles. The van der Waals surface area contributed by atoms with Crippen LogP contribution in [0.2, 0.25) is 0 Å². The number of benzene rings is 1. The predicted molar refractivity (Wildman–Crippen MR) is 74.5 cm³/mol. The Bertz CT molecular complexity index is 514. The van der Waals surface area contributed by atoms with Crippen LogP contribution in [0.4, 0.5) is 0 Å². The lowest BCUT2D eigenvalue weighted by molar-refractivity contribution is 0.252. The van der Waals surface area contributed by atoms with Gasteiger partial charge in [0.05, 0.1) is 6.04 Å². The number of hydrogen-bond donors (Lipinski definition) is 1. The molecule has 0 fully saturated rings. The lowest BCUT2D eigenvalue weighted by Gasteiger charge is -2.23. The second kappa shape index (κ2) is 5.53. The molecule has 0 aliphatic carbocycles. The van der Waals surface area contributed by atoms with Crippen molar-refractivity contribution in [3.8, 4) is 0 Å². The fourth-order valence-corrected chi connectivity index (χ4v) is 1.77. The number of aromatic nitrogens is 2. The summed E-state index contributed by atoms with van der Waals surface area (Å²) in [5, 5.41) is 4.00. The largest absolute Gasteiger partial charge is 0.338 e. The highest BCUT2D eigenvalue weighted by molar-refractivity contribution is 5.15. The molecule has 0 aliphatic heterocycles. The molecule has 0 aliphatic rings. The molecule has 4 heteroatoms. The maximum Gasteiger partial charge on any atom is 0.244 e. The average Bonchev–Trinajstić information content (AvgIpc) is 2.84. The standard InChI is InChI=1S/C15H21N3O/c1-15(2,3)13(16)14-17-12(18-19-14)10-9-11-7-5-4-6-8-11/h4-8,13H,9-10,16H2,1-3H3/t13-/m0/s1. The van der Waals surface area contributed by atoms with Gasteiger partial charge in [0.25, 0.3) is 0 Å². The molecule has 0 unspecified atom stereocenters. The van der Waals surface area contributed by atoms with Crippen molar-refractivity contribution >= 4 is 0 Å². The zero-order chi connectivity index (χ0) is 13.9. The molecule has 0 saturated carbocycles. The highest BCUT2D eigenvalue weighted by atomic mass is 16.5. The van der Waals surface area contributed by atoms with Crippen LogP contribution in [0, 0.1) is 5.41 Å². The summed E-state index contributed by atoms with van der Waals surface area (Å²) in [6, 6.07) is 10.0. The van der Waals surface area contributed by atoms with Gasteiger partial charge < -0.3 is 10.3 Å². The van der Waals surface area contributed by atoms with Gasteiger partial charge in [-0.1, -0.05) is 56.3 Å². The minimum atomic E-state index is -0.231. The molecular formula is C15H21N3O. The van der Waals surface area contributed by atoms with Crippen LogP contribution in [0.5, 0.6) is 0 Å². The van der Waals surface area contributed by atoms with Crippen LogP contribution in [0.3, 0.4) is 0 Å². The summed E-state index contributed by atoms with van der Waals surface area (Å²) >= 11 is 0. The molecular weight excluding hydrogens is 238 g/mol. The third kappa shape index (κ3) is 3.64. The first-order valence-corrected chi connectivity index (χ1v) is 6.59. The average molecular weight is 259 g/mol. The van der Waals surface area contributed by atoms with E-state index in [0.29, 0.717) is 5.89 Å². The van der Waals surface area contributed by atoms with E-state index in [9.17, 15) is 0 Å². The van der Waals surface area contributed by atoms with E-state index < -0.39 is 0 Å². The molecule has 2 rings (SSSR count). The minimum absolute atomic E-state index is 0.0801. The Balaban J connectivity index is 1.98. The van der Waals surface area contributed by atoms with E-state index in [2.05, 4.69) is 43.0 Å². The van der Waals surface area contributed by atoms with Crippen molar-refractivity contribution in [2.24, 2.45) is 11.1 Å². The Labute approximate surface area is 114 Å². The molecule has 2 N–H and O–H groups in total. The van der Waals surface area contributed by atoms with Crippen molar-refractivity contribution in [3.05, 3.63) is 47.6 Å². The van der Waals surface area contributed by atoms with Crippen molar-refractivity contribution in [2.75, 3.05) is 0 Å². The van der Waals surface area contributed by atoms with E-state index in [1.165, 1.54) is 5.56 Å². The smallest absolute Gasteiger partial charge is 0.244 e. The summed E-state index contributed by atoms with van der Waals surface area (Å²) in [7, 11) is 0. The third-order valence-electron chi connectivity index (χ3n) is 3.16. The van der Waals surface area contributed by atoms with Crippen molar-refractivity contribution < 1.29 is 4.52 Å². The van der Waals surface area contributed by atoms with E-state index in [1.807, 2.05) is 18.2 Å². The Morgan fingerprint density at radius 2 is 1.84 bits per heavy atom. The molecule has 0 radical (unpaired) electrons. The van der Waals surface area contributed by atoms with E-state index in [0.717, 1.165) is 18.7 Å². The number of nitrogens with two attached hydrogens (primary N) is 1. The second-order valence-corrected chi connectivity index (χ2v) is 5.88. The molecule has 2 aromatic rings. The second-order valence-electron chi connectivity index (χ2n) is 5.88. The Morgan fingerprint density at radius 3 is 2.47 bits per heavy atom. The van der Waals surface area contributed by atoms with Crippen LogP contribution in [0.1, 0.15) is 44.1 Å². The summed E-state index contributed by atoms with van der Waals surface area (Å²) in [5.41, 5.74) is 7.29. The molecule has 1 atom stereocenters. The zero-order valence-electron chi connectivity index (χ0n) is 11.8. The fraction of sp³-hybridized carbons (Fsp3) is 0.467. The van der Waals surface area contributed by atoms with Crippen LogP contribution in [-0.4, -0.2) is 10.1 Å². The molecule has 19 heavy (non-hydrogen) atoms. The lowest BCUT2D eigenvalue weighted by atomic mass is 9.87. The highest BCUT2D eigenvalue weighted by Gasteiger charge is 2.27. The molecule has 4 nitrogen and oxygen atoms in total. The lowest BCUT2D eigenvalue weighted by Crippen LogP contribution is -2.26. The van der Waals surface area contributed by atoms with Crippen LogP contribution in [-0.2, 0) is 12.8 Å². The topological polar surface area (TPSA) is 64.9 Å². The normalized spacial score (nSPS) is 13.5. The van der Waals surface area contributed by atoms with E-state index >= 15 is 0 Å². The summed E-state index contributed by atoms with van der Waals surface area (Å²) in [5.74, 6) is 1.24. The molecule has 102 valence electrons. The fourth-order valence-electron chi connectivity index (χ4n) is 1.77. The summed E-state index contributed by atoms with van der Waals surface area (Å²) in [6.45, 7) is 6.18. The van der Waals surface area contributed by atoms with Gasteiger partial charge >= 0.3 is 0 Å². The van der Waals surface area contributed by atoms with Crippen LogP contribution in [0.15, 0.2) is 34.9 Å². The minimum Gasteiger partial charge on any atom is -0.338 e. The quantitative estimate of drug-likeness (QED) is 0.917. The van der Waals surface area contributed by atoms with Gasteiger partial charge in [0.1, 0.15) is 0 Å². The Hall–Kier alpha value is -1.68. The highest BCUT2D eigenvalue weighted by Crippen LogP contribution is 2.29. The maximum absolute atomic E-state index is 6.10.